The summed E-state index contributed by atoms with van der Waals surface area (Å²) in [7, 11) is -1.40. The first-order valence-corrected chi connectivity index (χ1v) is 10.4. The molecule has 1 heterocycles. The van der Waals surface area contributed by atoms with E-state index in [0.717, 1.165) is 0 Å². The summed E-state index contributed by atoms with van der Waals surface area (Å²) in [6.07, 6.45) is 7.23. The van der Waals surface area contributed by atoms with Crippen LogP contribution in [0.15, 0.2) is 30.3 Å². The maximum Gasteiger partial charge on any atom is 0.116 e. The van der Waals surface area contributed by atoms with Crippen molar-refractivity contribution >= 4 is 13.3 Å². The van der Waals surface area contributed by atoms with Gasteiger partial charge in [-0.15, -0.1) is 0 Å². The van der Waals surface area contributed by atoms with Crippen molar-refractivity contribution in [1.82, 2.24) is 0 Å². The predicted octanol–water partition coefficient (Wildman–Crippen LogP) is 3.88. The highest BCUT2D eigenvalue weighted by Gasteiger charge is 2.50. The molecule has 1 aromatic rings. The van der Waals surface area contributed by atoms with E-state index in [1.165, 1.54) is 37.3 Å². The van der Waals surface area contributed by atoms with Crippen LogP contribution in [0.3, 0.4) is 0 Å². The van der Waals surface area contributed by atoms with Gasteiger partial charge < -0.3 is 4.74 Å². The molecule has 2 heteroatoms. The molecule has 1 nitrogen and oxygen atoms in total. The van der Waals surface area contributed by atoms with Crippen LogP contribution >= 0.6 is 0 Å². The summed E-state index contributed by atoms with van der Waals surface area (Å²) in [6.45, 7) is 7.15. The molecule has 0 aromatic heterocycles. The number of hydrogen-bond donors (Lipinski definition) is 0. The van der Waals surface area contributed by atoms with Gasteiger partial charge in [0, 0.05) is 0 Å². The van der Waals surface area contributed by atoms with Crippen molar-refractivity contribution in [3.05, 3.63) is 30.3 Å². The van der Waals surface area contributed by atoms with E-state index in [9.17, 15) is 0 Å². The van der Waals surface area contributed by atoms with Crippen LogP contribution in [-0.4, -0.2) is 19.9 Å². The van der Waals surface area contributed by atoms with Crippen LogP contribution in [0.2, 0.25) is 13.1 Å². The summed E-state index contributed by atoms with van der Waals surface area (Å²) >= 11 is 0. The fourth-order valence-corrected chi connectivity index (χ4v) is 5.79. The maximum absolute atomic E-state index is 5.98. The zero-order valence-corrected chi connectivity index (χ0v) is 13.0. The van der Waals surface area contributed by atoms with Crippen molar-refractivity contribution in [2.24, 2.45) is 0 Å². The first-order valence-electron chi connectivity index (χ1n) is 7.37. The topological polar surface area (TPSA) is 12.5 Å². The van der Waals surface area contributed by atoms with Crippen molar-refractivity contribution in [1.29, 1.82) is 0 Å². The van der Waals surface area contributed by atoms with Gasteiger partial charge in [0.05, 0.1) is 11.8 Å². The van der Waals surface area contributed by atoms with Gasteiger partial charge in [0.1, 0.15) is 8.07 Å². The molecule has 100 valence electrons. The highest BCUT2D eigenvalue weighted by atomic mass is 28.3. The molecule has 18 heavy (non-hydrogen) atoms. The molecule has 0 aliphatic carbocycles. The van der Waals surface area contributed by atoms with E-state index in [-0.39, 0.29) is 0 Å². The SMILES string of the molecule is CCCCCCC1OC1[Si](C)(C)c1ccccc1. The monoisotopic (exact) mass is 262 g/mol. The van der Waals surface area contributed by atoms with Gasteiger partial charge in [0.25, 0.3) is 0 Å². The second kappa shape index (κ2) is 6.03. The number of unbranched alkanes of at least 4 members (excludes halogenated alkanes) is 3. The van der Waals surface area contributed by atoms with Crippen molar-refractivity contribution in [3.63, 3.8) is 0 Å². The molecule has 0 radical (unpaired) electrons. The molecular formula is C16H26OSi. The highest BCUT2D eigenvalue weighted by molar-refractivity contribution is 6.91. The van der Waals surface area contributed by atoms with Gasteiger partial charge in [0.15, 0.2) is 0 Å². The fraction of sp³-hybridized carbons (Fsp3) is 0.625. The lowest BCUT2D eigenvalue weighted by Gasteiger charge is -2.20. The molecule has 2 rings (SSSR count). The third kappa shape index (κ3) is 3.24. The predicted molar refractivity (Wildman–Crippen MR) is 81.0 cm³/mol. The summed E-state index contributed by atoms with van der Waals surface area (Å²) in [5.41, 5.74) is 0.557. The summed E-state index contributed by atoms with van der Waals surface area (Å²) in [5.74, 6) is 0. The van der Waals surface area contributed by atoms with Crippen LogP contribution < -0.4 is 5.19 Å². The van der Waals surface area contributed by atoms with Gasteiger partial charge in [-0.25, -0.2) is 0 Å². The molecule has 2 unspecified atom stereocenters. The van der Waals surface area contributed by atoms with Crippen molar-refractivity contribution in [3.8, 4) is 0 Å². The minimum absolute atomic E-state index is 0.557. The summed E-state index contributed by atoms with van der Waals surface area (Å²) < 4.78 is 5.98. The van der Waals surface area contributed by atoms with Gasteiger partial charge in [-0.3, -0.25) is 0 Å². The van der Waals surface area contributed by atoms with Crippen LogP contribution in [0, 0.1) is 0 Å². The Bertz CT molecular complexity index is 361. The first-order chi connectivity index (χ1) is 8.66. The number of rotatable bonds is 7. The van der Waals surface area contributed by atoms with Crippen LogP contribution in [0.4, 0.5) is 0 Å². The Labute approximate surface area is 113 Å². The quantitative estimate of drug-likeness (QED) is 0.413. The largest absolute Gasteiger partial charge is 0.373 e. The Balaban J connectivity index is 1.83. The van der Waals surface area contributed by atoms with Crippen molar-refractivity contribution in [2.75, 3.05) is 0 Å². The zero-order chi connectivity index (χ0) is 13.0. The average Bonchev–Trinajstić information content (AvgIpc) is 3.16. The number of hydrogen-bond acceptors (Lipinski definition) is 1. The molecule has 1 fully saturated rings. The smallest absolute Gasteiger partial charge is 0.116 e. The fourth-order valence-electron chi connectivity index (χ4n) is 2.80. The molecule has 0 bridgehead atoms. The minimum Gasteiger partial charge on any atom is -0.373 e. The molecule has 0 spiro atoms. The number of epoxide rings is 1. The van der Waals surface area contributed by atoms with E-state index in [1.54, 1.807) is 0 Å². The molecule has 0 saturated carbocycles. The van der Waals surface area contributed by atoms with E-state index in [0.29, 0.717) is 11.8 Å². The average molecular weight is 262 g/mol. The van der Waals surface area contributed by atoms with Crippen molar-refractivity contribution < 1.29 is 4.74 Å². The van der Waals surface area contributed by atoms with E-state index in [4.69, 9.17) is 4.74 Å². The van der Waals surface area contributed by atoms with Crippen LogP contribution in [0.25, 0.3) is 0 Å². The molecule has 1 aromatic carbocycles. The Morgan fingerprint density at radius 1 is 1.06 bits per heavy atom. The van der Waals surface area contributed by atoms with Crippen LogP contribution in [-0.2, 0) is 4.74 Å². The molecular weight excluding hydrogens is 236 g/mol. The van der Waals surface area contributed by atoms with E-state index in [2.05, 4.69) is 50.3 Å². The first kappa shape index (κ1) is 13.8. The Hall–Kier alpha value is -0.603. The van der Waals surface area contributed by atoms with E-state index in [1.807, 2.05) is 0 Å². The Morgan fingerprint density at radius 2 is 1.78 bits per heavy atom. The Kier molecular flexibility index (Phi) is 4.63. The lowest BCUT2D eigenvalue weighted by atomic mass is 10.1. The van der Waals surface area contributed by atoms with Crippen LogP contribution in [0.1, 0.15) is 39.0 Å². The summed E-state index contributed by atoms with van der Waals surface area (Å²) in [5, 5.41) is 1.53. The summed E-state index contributed by atoms with van der Waals surface area (Å²) in [6, 6.07) is 11.0. The van der Waals surface area contributed by atoms with Gasteiger partial charge >= 0.3 is 0 Å². The minimum atomic E-state index is -1.40. The molecule has 0 N–H and O–H groups in total. The molecule has 1 aliphatic rings. The molecule has 2 atom stereocenters. The molecule has 1 saturated heterocycles. The van der Waals surface area contributed by atoms with Crippen molar-refractivity contribution in [2.45, 2.75) is 64.0 Å². The molecule has 0 amide bonds. The van der Waals surface area contributed by atoms with Gasteiger partial charge in [-0.1, -0.05) is 81.2 Å². The third-order valence-electron chi connectivity index (χ3n) is 4.15. The normalized spacial score (nSPS) is 23.1. The van der Waals surface area contributed by atoms with E-state index < -0.39 is 8.07 Å². The lowest BCUT2D eigenvalue weighted by molar-refractivity contribution is 0.378. The highest BCUT2D eigenvalue weighted by Crippen LogP contribution is 2.34. The van der Waals surface area contributed by atoms with Gasteiger partial charge in [-0.2, -0.15) is 0 Å². The second-order valence-electron chi connectivity index (χ2n) is 6.03. The zero-order valence-electron chi connectivity index (χ0n) is 12.0. The van der Waals surface area contributed by atoms with E-state index >= 15 is 0 Å². The lowest BCUT2D eigenvalue weighted by Crippen LogP contribution is -2.48. The maximum atomic E-state index is 5.98. The number of ether oxygens (including phenoxy) is 1. The van der Waals surface area contributed by atoms with Crippen LogP contribution in [0.5, 0.6) is 0 Å². The second-order valence-corrected chi connectivity index (χ2v) is 10.6. The van der Waals surface area contributed by atoms with Gasteiger partial charge in [-0.05, 0) is 6.42 Å². The Morgan fingerprint density at radius 3 is 2.44 bits per heavy atom. The number of benzene rings is 1. The van der Waals surface area contributed by atoms with Gasteiger partial charge in [0.2, 0.25) is 0 Å². The molecule has 1 aliphatic heterocycles. The summed E-state index contributed by atoms with van der Waals surface area (Å²) in [4.78, 5) is 0. The third-order valence-corrected chi connectivity index (χ3v) is 7.91. The standard InChI is InChI=1S/C16H26OSi/c1-4-5-6-10-13-15-16(17-15)18(2,3)14-11-8-7-9-12-14/h7-9,11-12,15-16H,4-6,10,13H2,1-3H3.